The van der Waals surface area contributed by atoms with Gasteiger partial charge in [0.05, 0.1) is 6.10 Å². The van der Waals surface area contributed by atoms with E-state index in [0.717, 1.165) is 24.2 Å². The Labute approximate surface area is 108 Å². The Hall–Kier alpha value is -1.80. The average molecular weight is 241 g/mol. The number of anilines is 2. The summed E-state index contributed by atoms with van der Waals surface area (Å²) in [5, 5.41) is 12.6. The van der Waals surface area contributed by atoms with Crippen LogP contribution < -0.4 is 5.32 Å². The van der Waals surface area contributed by atoms with Crippen LogP contribution in [0.1, 0.15) is 18.9 Å². The van der Waals surface area contributed by atoms with E-state index in [4.69, 9.17) is 0 Å². The summed E-state index contributed by atoms with van der Waals surface area (Å²) in [5.41, 5.74) is 3.44. The van der Waals surface area contributed by atoms with Crippen LogP contribution in [0.5, 0.6) is 0 Å². The molecule has 0 aromatic heterocycles. The smallest absolute Gasteiger partial charge is 0.0515 e. The molecule has 18 heavy (non-hydrogen) atoms. The fourth-order valence-electron chi connectivity index (χ4n) is 1.82. The third-order valence-electron chi connectivity index (χ3n) is 2.87. The van der Waals surface area contributed by atoms with Crippen molar-refractivity contribution in [3.05, 3.63) is 60.2 Å². The van der Waals surface area contributed by atoms with Gasteiger partial charge in [0.2, 0.25) is 0 Å². The highest BCUT2D eigenvalue weighted by Crippen LogP contribution is 2.17. The summed E-state index contributed by atoms with van der Waals surface area (Å²) in [5.74, 6) is 0. The number of aliphatic hydroxyl groups is 1. The maximum atomic E-state index is 9.25. The fraction of sp³-hybridized carbons (Fsp3) is 0.250. The molecule has 0 saturated carbocycles. The first kappa shape index (κ1) is 12.7. The number of hydrogen-bond donors (Lipinski definition) is 2. The van der Waals surface area contributed by atoms with Gasteiger partial charge < -0.3 is 10.4 Å². The SMILES string of the molecule is CC(O)CCc1ccc(Nc2ccccc2)cc1. The normalized spacial score (nSPS) is 12.1. The lowest BCUT2D eigenvalue weighted by atomic mass is 10.1. The van der Waals surface area contributed by atoms with Crippen LogP contribution in [0.3, 0.4) is 0 Å². The first-order valence-electron chi connectivity index (χ1n) is 6.33. The van der Waals surface area contributed by atoms with Crippen molar-refractivity contribution < 1.29 is 5.11 Å². The Morgan fingerprint density at radius 1 is 0.944 bits per heavy atom. The van der Waals surface area contributed by atoms with Crippen LogP contribution in [0.15, 0.2) is 54.6 Å². The lowest BCUT2D eigenvalue weighted by Crippen LogP contribution is -2.01. The minimum atomic E-state index is -0.230. The van der Waals surface area contributed by atoms with Crippen molar-refractivity contribution in [1.82, 2.24) is 0 Å². The number of hydrogen-bond acceptors (Lipinski definition) is 2. The zero-order chi connectivity index (χ0) is 12.8. The topological polar surface area (TPSA) is 32.3 Å². The third kappa shape index (κ3) is 3.90. The second-order valence-corrected chi connectivity index (χ2v) is 4.58. The van der Waals surface area contributed by atoms with Gasteiger partial charge in [-0.05, 0) is 49.6 Å². The number of benzene rings is 2. The molecule has 0 spiro atoms. The number of aryl methyl sites for hydroxylation is 1. The quantitative estimate of drug-likeness (QED) is 0.835. The Morgan fingerprint density at radius 2 is 1.56 bits per heavy atom. The van der Waals surface area contributed by atoms with E-state index in [-0.39, 0.29) is 6.10 Å². The molecule has 0 aliphatic carbocycles. The van der Waals surface area contributed by atoms with Crippen LogP contribution in [0.4, 0.5) is 11.4 Å². The summed E-state index contributed by atoms with van der Waals surface area (Å²) >= 11 is 0. The zero-order valence-electron chi connectivity index (χ0n) is 10.6. The molecule has 0 bridgehead atoms. The Balaban J connectivity index is 1.95. The minimum absolute atomic E-state index is 0.230. The number of para-hydroxylation sites is 1. The molecule has 94 valence electrons. The van der Waals surface area contributed by atoms with E-state index in [1.165, 1.54) is 5.56 Å². The molecular weight excluding hydrogens is 222 g/mol. The summed E-state index contributed by atoms with van der Waals surface area (Å²) in [6.45, 7) is 1.82. The predicted octanol–water partition coefficient (Wildman–Crippen LogP) is 3.74. The van der Waals surface area contributed by atoms with Gasteiger partial charge in [-0.3, -0.25) is 0 Å². The molecule has 2 N–H and O–H groups in total. The molecule has 1 atom stereocenters. The number of nitrogens with one attached hydrogen (secondary N) is 1. The van der Waals surface area contributed by atoms with Gasteiger partial charge in [0.15, 0.2) is 0 Å². The van der Waals surface area contributed by atoms with Gasteiger partial charge in [0, 0.05) is 11.4 Å². The molecule has 2 aromatic carbocycles. The van der Waals surface area contributed by atoms with E-state index in [2.05, 4.69) is 29.6 Å². The van der Waals surface area contributed by atoms with Crippen molar-refractivity contribution in [1.29, 1.82) is 0 Å². The molecule has 2 aromatic rings. The molecule has 0 amide bonds. The lowest BCUT2D eigenvalue weighted by molar-refractivity contribution is 0.185. The molecule has 2 nitrogen and oxygen atoms in total. The second kappa shape index (κ2) is 6.22. The first-order chi connectivity index (χ1) is 8.74. The number of aliphatic hydroxyl groups excluding tert-OH is 1. The van der Waals surface area contributed by atoms with E-state index in [0.29, 0.717) is 0 Å². The van der Waals surface area contributed by atoms with E-state index < -0.39 is 0 Å². The van der Waals surface area contributed by atoms with E-state index in [1.54, 1.807) is 0 Å². The van der Waals surface area contributed by atoms with Crippen molar-refractivity contribution in [3.63, 3.8) is 0 Å². The standard InChI is InChI=1S/C16H19NO/c1-13(18)7-8-14-9-11-16(12-10-14)17-15-5-3-2-4-6-15/h2-6,9-13,17-18H,7-8H2,1H3. The summed E-state index contributed by atoms with van der Waals surface area (Å²) < 4.78 is 0. The van der Waals surface area contributed by atoms with Gasteiger partial charge in [-0.1, -0.05) is 30.3 Å². The summed E-state index contributed by atoms with van der Waals surface area (Å²) in [4.78, 5) is 0. The Bertz CT molecular complexity index is 462. The van der Waals surface area contributed by atoms with Crippen molar-refractivity contribution >= 4 is 11.4 Å². The van der Waals surface area contributed by atoms with Gasteiger partial charge in [0.1, 0.15) is 0 Å². The van der Waals surface area contributed by atoms with Crippen molar-refractivity contribution in [2.75, 3.05) is 5.32 Å². The predicted molar refractivity (Wildman–Crippen MR) is 76.2 cm³/mol. The van der Waals surface area contributed by atoms with Crippen LogP contribution in [0, 0.1) is 0 Å². The maximum absolute atomic E-state index is 9.25. The fourth-order valence-corrected chi connectivity index (χ4v) is 1.82. The van der Waals surface area contributed by atoms with Crippen LogP contribution >= 0.6 is 0 Å². The second-order valence-electron chi connectivity index (χ2n) is 4.58. The van der Waals surface area contributed by atoms with E-state index in [1.807, 2.05) is 37.3 Å². The van der Waals surface area contributed by atoms with Crippen molar-refractivity contribution in [2.24, 2.45) is 0 Å². The highest BCUT2D eigenvalue weighted by Gasteiger charge is 1.99. The lowest BCUT2D eigenvalue weighted by Gasteiger charge is -2.08. The molecular formula is C16H19NO. The molecule has 0 heterocycles. The first-order valence-corrected chi connectivity index (χ1v) is 6.33. The van der Waals surface area contributed by atoms with Gasteiger partial charge in [-0.15, -0.1) is 0 Å². The van der Waals surface area contributed by atoms with E-state index >= 15 is 0 Å². The molecule has 0 fully saturated rings. The van der Waals surface area contributed by atoms with Crippen molar-refractivity contribution in [2.45, 2.75) is 25.9 Å². The highest BCUT2D eigenvalue weighted by atomic mass is 16.3. The minimum Gasteiger partial charge on any atom is -0.393 e. The van der Waals surface area contributed by atoms with Crippen LogP contribution in [-0.2, 0) is 6.42 Å². The Kier molecular flexibility index (Phi) is 4.37. The molecule has 0 aliphatic heterocycles. The average Bonchev–Trinajstić information content (AvgIpc) is 2.39. The van der Waals surface area contributed by atoms with Gasteiger partial charge in [-0.25, -0.2) is 0 Å². The molecule has 0 radical (unpaired) electrons. The monoisotopic (exact) mass is 241 g/mol. The molecule has 1 unspecified atom stereocenters. The third-order valence-corrected chi connectivity index (χ3v) is 2.87. The van der Waals surface area contributed by atoms with Crippen molar-refractivity contribution in [3.8, 4) is 0 Å². The zero-order valence-corrected chi connectivity index (χ0v) is 10.6. The van der Waals surface area contributed by atoms with Crippen LogP contribution in [0.25, 0.3) is 0 Å². The molecule has 0 aliphatic rings. The van der Waals surface area contributed by atoms with Crippen LogP contribution in [-0.4, -0.2) is 11.2 Å². The van der Waals surface area contributed by atoms with Crippen LogP contribution in [0.2, 0.25) is 0 Å². The highest BCUT2D eigenvalue weighted by molar-refractivity contribution is 5.59. The number of rotatable bonds is 5. The maximum Gasteiger partial charge on any atom is 0.0515 e. The summed E-state index contributed by atoms with van der Waals surface area (Å²) in [6, 6.07) is 18.5. The largest absolute Gasteiger partial charge is 0.393 e. The van der Waals surface area contributed by atoms with Gasteiger partial charge >= 0.3 is 0 Å². The summed E-state index contributed by atoms with van der Waals surface area (Å²) in [7, 11) is 0. The molecule has 2 heteroatoms. The van der Waals surface area contributed by atoms with E-state index in [9.17, 15) is 5.11 Å². The molecule has 0 saturated heterocycles. The summed E-state index contributed by atoms with van der Waals surface area (Å²) in [6.07, 6.45) is 1.50. The Morgan fingerprint density at radius 3 is 2.17 bits per heavy atom. The molecule has 2 rings (SSSR count). The van der Waals surface area contributed by atoms with Gasteiger partial charge in [-0.2, -0.15) is 0 Å². The van der Waals surface area contributed by atoms with Gasteiger partial charge in [0.25, 0.3) is 0 Å².